The molecule has 0 unspecified atom stereocenters. The molecule has 0 bridgehead atoms. The molecule has 2 aromatic heterocycles. The molecule has 8 aromatic rings. The van der Waals surface area contributed by atoms with Crippen molar-refractivity contribution in [1.29, 1.82) is 0 Å². The summed E-state index contributed by atoms with van der Waals surface area (Å²) in [5.74, 6) is 0.129. The number of hydrogen-bond donors (Lipinski definition) is 0. The van der Waals surface area contributed by atoms with Crippen molar-refractivity contribution in [2.75, 3.05) is 0 Å². The third-order valence-electron chi connectivity index (χ3n) is 17.4. The molecule has 0 aliphatic heterocycles. The van der Waals surface area contributed by atoms with Gasteiger partial charge in [-0.05, 0) is 34.3 Å². The van der Waals surface area contributed by atoms with E-state index in [0.717, 1.165) is 150 Å². The third-order valence-corrected chi connectivity index (χ3v) is 29.6. The van der Waals surface area contributed by atoms with Gasteiger partial charge in [0.1, 0.15) is 16.1 Å². The molecule has 6 heteroatoms. The van der Waals surface area contributed by atoms with Crippen LogP contribution in [-0.4, -0.2) is 35.7 Å². The molecular formula is C63H70N4Si2. The Kier molecular flexibility index (Phi) is 10.4. The van der Waals surface area contributed by atoms with Gasteiger partial charge in [-0.15, -0.1) is 0 Å². The van der Waals surface area contributed by atoms with Gasteiger partial charge in [0.2, 0.25) is 5.95 Å². The molecule has 4 nitrogen and oxygen atoms in total. The number of benzene rings is 6. The molecule has 12 rings (SSSR count). The summed E-state index contributed by atoms with van der Waals surface area (Å²) in [4.78, 5) is 15.9. The fraction of sp³-hybridized carbons (Fsp3) is 0.381. The molecule has 0 radical (unpaired) electrons. The lowest BCUT2D eigenvalue weighted by Crippen LogP contribution is -2.65. The Labute approximate surface area is 424 Å². The number of nitrogens with zero attached hydrogens (tertiary/aromatic N) is 4. The van der Waals surface area contributed by atoms with Crippen molar-refractivity contribution >= 4 is 58.7 Å². The summed E-state index contributed by atoms with van der Waals surface area (Å²) in [6, 6.07) is 36.4. The second-order valence-corrected chi connectivity index (χ2v) is 29.9. The maximum absolute atomic E-state index is 10.8. The lowest BCUT2D eigenvalue weighted by Gasteiger charge is -2.48. The summed E-state index contributed by atoms with van der Waals surface area (Å²) in [7, 11) is -6.30. The van der Waals surface area contributed by atoms with Gasteiger partial charge in [0.05, 0.1) is 22.0 Å². The van der Waals surface area contributed by atoms with E-state index < -0.39 is 16.1 Å². The molecule has 2 heterocycles. The molecule has 4 aliphatic rings. The van der Waals surface area contributed by atoms with Crippen LogP contribution in [0.15, 0.2) is 158 Å². The molecule has 0 saturated heterocycles. The zero-order valence-corrected chi connectivity index (χ0v) is 42.1. The fourth-order valence-electron chi connectivity index (χ4n) is 14.5. The van der Waals surface area contributed by atoms with Crippen LogP contribution in [0.3, 0.4) is 0 Å². The summed E-state index contributed by atoms with van der Waals surface area (Å²) >= 11 is 0. The molecule has 0 N–H and O–H groups in total. The monoisotopic (exact) mass is 947 g/mol. The summed E-state index contributed by atoms with van der Waals surface area (Å²) < 4.78 is 83.2. The normalized spacial score (nSPS) is 20.1. The van der Waals surface area contributed by atoms with Crippen LogP contribution in [0.2, 0.25) is 22.2 Å². The lowest BCUT2D eigenvalue weighted by atomic mass is 9.99. The summed E-state index contributed by atoms with van der Waals surface area (Å²) in [6.45, 7) is 0. The van der Waals surface area contributed by atoms with E-state index in [4.69, 9.17) is 15.0 Å². The van der Waals surface area contributed by atoms with Gasteiger partial charge in [-0.1, -0.05) is 295 Å². The minimum absolute atomic E-state index is 0.0205. The predicted octanol–water partition coefficient (Wildman–Crippen LogP) is 14.8. The predicted molar refractivity (Wildman–Crippen MR) is 295 cm³/mol. The lowest BCUT2D eigenvalue weighted by molar-refractivity contribution is 0.459. The average molecular weight is 948 g/mol. The number of fused-ring (bicyclic) bond motifs is 3. The zero-order chi connectivity index (χ0) is 53.0. The summed E-state index contributed by atoms with van der Waals surface area (Å²) in [5.41, 5.74) is 2.68. The smallest absolute Gasteiger partial charge is 0.238 e. The molecular weight excluding hydrogens is 869 g/mol. The van der Waals surface area contributed by atoms with E-state index in [2.05, 4.69) is 60.7 Å². The average Bonchev–Trinajstić information content (AvgIpc) is 3.88. The van der Waals surface area contributed by atoms with E-state index >= 15 is 0 Å². The van der Waals surface area contributed by atoms with Crippen molar-refractivity contribution in [3.63, 3.8) is 0 Å². The second kappa shape index (κ2) is 19.8. The van der Waals surface area contributed by atoms with Crippen molar-refractivity contribution in [2.45, 2.75) is 151 Å². The summed E-state index contributed by atoms with van der Waals surface area (Å²) in [6.07, 6.45) is 21.2. The Hall–Kier alpha value is -5.44. The number of hydrogen-bond acceptors (Lipinski definition) is 3. The second-order valence-electron chi connectivity index (χ2n) is 21.0. The fourth-order valence-corrected chi connectivity index (χ4v) is 27.9. The number of para-hydroxylation sites is 2. The molecule has 0 atom stereocenters. The van der Waals surface area contributed by atoms with Gasteiger partial charge >= 0.3 is 0 Å². The van der Waals surface area contributed by atoms with Crippen LogP contribution in [0.5, 0.6) is 0 Å². The minimum Gasteiger partial charge on any atom is -0.278 e. The van der Waals surface area contributed by atoms with Crippen LogP contribution in [0.1, 0.15) is 139 Å². The maximum atomic E-state index is 10.8. The molecule has 0 spiro atoms. The van der Waals surface area contributed by atoms with Crippen LogP contribution >= 0.6 is 0 Å². The molecule has 350 valence electrons. The van der Waals surface area contributed by atoms with Crippen LogP contribution < -0.4 is 20.7 Å². The van der Waals surface area contributed by atoms with Gasteiger partial charge in [-0.25, -0.2) is 4.98 Å². The van der Waals surface area contributed by atoms with Crippen molar-refractivity contribution in [3.05, 3.63) is 158 Å². The van der Waals surface area contributed by atoms with E-state index in [0.29, 0.717) is 10.4 Å². The largest absolute Gasteiger partial charge is 0.278 e. The standard InChI is InChI=1S/C63H70N4Si2/c1-7-27-49(28-8-1)68(50-29-9-2-10-30-50,51-31-11-3-12-32-51)55-39-23-25-47(45-55)61-64-62(66-63(65-61)67-59-43-21-19-41-57(59)58-42-20-22-44-60(58)67)48-26-24-40-56(46-48)69(52-33-13-4-14-34-52,53-35-15-5-16-36-53)54-37-17-6-18-38-54/h1,4,7-8,13-14,19-28,33-34,39-46,50-51,53-54H,2-3,5-6,9-12,15-18,29-32,35-38H2/i23D,24D,25D,26D,39D,40D,45D,46D. The third kappa shape index (κ3) is 8.08. The first-order valence-electron chi connectivity index (χ1n) is 30.7. The molecule has 4 saturated carbocycles. The SMILES string of the molecule is [2H]c1c([2H])c(-c2nc(-c3c([2H])c([2H])c([2H])c([Si](c4ccccc4)(C4CCCCC4)C4CCCCC4)c3[2H])nc(-n3c4ccccc4c4ccccc43)n2)c([2H])c([Si](c2ccccc2)(C2CCCCC2)C2CCCCC2)c1[2H]. The van der Waals surface area contributed by atoms with Gasteiger partial charge in [0.25, 0.3) is 0 Å². The van der Waals surface area contributed by atoms with Gasteiger partial charge in [-0.2, -0.15) is 9.97 Å². The van der Waals surface area contributed by atoms with Gasteiger partial charge in [0.15, 0.2) is 11.6 Å². The van der Waals surface area contributed by atoms with Gasteiger partial charge < -0.3 is 0 Å². The highest BCUT2D eigenvalue weighted by Crippen LogP contribution is 2.50. The quantitative estimate of drug-likeness (QED) is 0.121. The molecule has 4 aliphatic carbocycles. The highest BCUT2D eigenvalue weighted by Gasteiger charge is 2.52. The highest BCUT2D eigenvalue weighted by atomic mass is 28.3. The van der Waals surface area contributed by atoms with Crippen molar-refractivity contribution in [2.24, 2.45) is 0 Å². The van der Waals surface area contributed by atoms with E-state index in [1.807, 2.05) is 53.1 Å². The summed E-state index contributed by atoms with van der Waals surface area (Å²) in [5, 5.41) is 5.53. The van der Waals surface area contributed by atoms with E-state index in [-0.39, 0.29) is 99.2 Å². The Morgan fingerprint density at radius 3 is 1.10 bits per heavy atom. The van der Waals surface area contributed by atoms with Crippen molar-refractivity contribution in [1.82, 2.24) is 19.5 Å². The maximum Gasteiger partial charge on any atom is 0.238 e. The first-order chi connectivity index (χ1) is 37.6. The van der Waals surface area contributed by atoms with Crippen LogP contribution in [0, 0.1) is 0 Å². The van der Waals surface area contributed by atoms with Gasteiger partial charge in [-0.3, -0.25) is 4.57 Å². The molecule has 0 amide bonds. The van der Waals surface area contributed by atoms with Crippen LogP contribution in [0.25, 0.3) is 50.5 Å². The first-order valence-corrected chi connectivity index (χ1v) is 31.0. The van der Waals surface area contributed by atoms with E-state index in [1.165, 1.54) is 10.4 Å². The Morgan fingerprint density at radius 2 is 0.725 bits per heavy atom. The first kappa shape index (κ1) is 36.5. The van der Waals surface area contributed by atoms with Crippen molar-refractivity contribution in [3.8, 4) is 28.7 Å². The number of aromatic nitrogens is 4. The zero-order valence-electron chi connectivity index (χ0n) is 48.1. The van der Waals surface area contributed by atoms with Crippen LogP contribution in [0.4, 0.5) is 0 Å². The Balaban J connectivity index is 1.19. The van der Waals surface area contributed by atoms with Crippen LogP contribution in [-0.2, 0) is 0 Å². The molecule has 6 aromatic carbocycles. The Bertz CT molecular complexity index is 3220. The van der Waals surface area contributed by atoms with E-state index in [9.17, 15) is 11.0 Å². The van der Waals surface area contributed by atoms with E-state index in [1.54, 1.807) is 0 Å². The Morgan fingerprint density at radius 1 is 0.377 bits per heavy atom. The molecule has 4 fully saturated rings. The van der Waals surface area contributed by atoms with Gasteiger partial charge in [0, 0.05) is 21.9 Å². The topological polar surface area (TPSA) is 43.6 Å². The minimum atomic E-state index is -3.15. The van der Waals surface area contributed by atoms with Crippen molar-refractivity contribution < 1.29 is 11.0 Å². The number of rotatable bonds is 11. The highest BCUT2D eigenvalue weighted by molar-refractivity contribution is 7.05. The molecule has 69 heavy (non-hydrogen) atoms.